The lowest BCUT2D eigenvalue weighted by molar-refractivity contribution is 0.185. The van der Waals surface area contributed by atoms with Crippen LogP contribution in [0.15, 0.2) is 21.7 Å². The Morgan fingerprint density at radius 3 is 2.62 bits per heavy atom. The van der Waals surface area contributed by atoms with E-state index in [4.69, 9.17) is 0 Å². The van der Waals surface area contributed by atoms with E-state index in [-0.39, 0.29) is 6.61 Å². The Balaban J connectivity index is 2.20. The summed E-state index contributed by atoms with van der Waals surface area (Å²) in [6, 6.07) is 3.28. The lowest BCUT2D eigenvalue weighted by Crippen LogP contribution is -2.48. The molecule has 0 atom stereocenters. The van der Waals surface area contributed by atoms with Gasteiger partial charge in [0, 0.05) is 0 Å². The maximum atomic E-state index is 12.0. The first-order valence-electron chi connectivity index (χ1n) is 5.26. The van der Waals surface area contributed by atoms with Crippen LogP contribution in [0.3, 0.4) is 0 Å². The van der Waals surface area contributed by atoms with Gasteiger partial charge in [0.05, 0.1) is 12.1 Å². The van der Waals surface area contributed by atoms with E-state index in [1.165, 1.54) is 11.3 Å². The van der Waals surface area contributed by atoms with Gasteiger partial charge in [-0.2, -0.15) is 0 Å². The van der Waals surface area contributed by atoms with Crippen LogP contribution in [0.25, 0.3) is 0 Å². The quantitative estimate of drug-likeness (QED) is 0.859. The van der Waals surface area contributed by atoms with Gasteiger partial charge < -0.3 is 5.11 Å². The van der Waals surface area contributed by atoms with Crippen molar-refractivity contribution in [3.05, 3.63) is 17.5 Å². The van der Waals surface area contributed by atoms with Crippen molar-refractivity contribution in [2.75, 3.05) is 6.61 Å². The number of thiophene rings is 1. The van der Waals surface area contributed by atoms with Gasteiger partial charge in [-0.05, 0) is 24.3 Å². The molecule has 2 rings (SSSR count). The highest BCUT2D eigenvalue weighted by Crippen LogP contribution is 2.31. The molecule has 1 aromatic rings. The molecule has 4 nitrogen and oxygen atoms in total. The maximum absolute atomic E-state index is 12.0. The largest absolute Gasteiger partial charge is 0.394 e. The fourth-order valence-electron chi connectivity index (χ4n) is 2.10. The van der Waals surface area contributed by atoms with Gasteiger partial charge in [-0.3, -0.25) is 0 Å². The van der Waals surface area contributed by atoms with Crippen molar-refractivity contribution in [1.29, 1.82) is 0 Å². The molecule has 0 amide bonds. The summed E-state index contributed by atoms with van der Waals surface area (Å²) in [7, 11) is -3.46. The van der Waals surface area contributed by atoms with Crippen molar-refractivity contribution >= 4 is 21.4 Å². The highest BCUT2D eigenvalue weighted by molar-refractivity contribution is 7.91. The number of aliphatic hydroxyl groups excluding tert-OH is 1. The van der Waals surface area contributed by atoms with Gasteiger partial charge in [0.25, 0.3) is 10.0 Å². The first-order valence-corrected chi connectivity index (χ1v) is 7.63. The molecule has 1 aliphatic rings. The molecule has 1 fully saturated rings. The van der Waals surface area contributed by atoms with Crippen LogP contribution in [0.1, 0.15) is 25.7 Å². The van der Waals surface area contributed by atoms with Crippen molar-refractivity contribution in [3.8, 4) is 0 Å². The third-order valence-electron chi connectivity index (χ3n) is 2.97. The van der Waals surface area contributed by atoms with Gasteiger partial charge in [-0.15, -0.1) is 11.3 Å². The second-order valence-corrected chi connectivity index (χ2v) is 7.04. The Morgan fingerprint density at radius 1 is 1.44 bits per heavy atom. The lowest BCUT2D eigenvalue weighted by atomic mass is 10.0. The van der Waals surface area contributed by atoms with E-state index in [9.17, 15) is 13.5 Å². The zero-order chi connectivity index (χ0) is 11.6. The zero-order valence-electron chi connectivity index (χ0n) is 8.85. The first-order chi connectivity index (χ1) is 7.58. The highest BCUT2D eigenvalue weighted by Gasteiger charge is 2.37. The molecule has 2 N–H and O–H groups in total. The Kier molecular flexibility index (Phi) is 3.34. The highest BCUT2D eigenvalue weighted by atomic mass is 32.2. The predicted molar refractivity (Wildman–Crippen MR) is 62.9 cm³/mol. The Labute approximate surface area is 99.4 Å². The summed E-state index contributed by atoms with van der Waals surface area (Å²) >= 11 is 1.19. The molecule has 0 radical (unpaired) electrons. The summed E-state index contributed by atoms with van der Waals surface area (Å²) in [5, 5.41) is 11.1. The molecule has 1 aliphatic carbocycles. The van der Waals surface area contributed by atoms with Crippen LogP contribution in [0.4, 0.5) is 0 Å². The van der Waals surface area contributed by atoms with Gasteiger partial charge in [0.2, 0.25) is 0 Å². The number of hydrogen-bond acceptors (Lipinski definition) is 4. The van der Waals surface area contributed by atoms with E-state index < -0.39 is 15.6 Å². The van der Waals surface area contributed by atoms with Crippen LogP contribution < -0.4 is 4.72 Å². The minimum atomic E-state index is -3.46. The molecule has 1 saturated carbocycles. The molecule has 0 saturated heterocycles. The molecule has 6 heteroatoms. The van der Waals surface area contributed by atoms with Crippen molar-refractivity contribution in [1.82, 2.24) is 4.72 Å². The minimum absolute atomic E-state index is 0.127. The zero-order valence-corrected chi connectivity index (χ0v) is 10.5. The molecule has 16 heavy (non-hydrogen) atoms. The van der Waals surface area contributed by atoms with Crippen LogP contribution in [-0.4, -0.2) is 25.7 Å². The van der Waals surface area contributed by atoms with Crippen LogP contribution in [0.5, 0.6) is 0 Å². The smallest absolute Gasteiger partial charge is 0.250 e. The molecular weight excluding hydrogens is 246 g/mol. The monoisotopic (exact) mass is 261 g/mol. The first kappa shape index (κ1) is 12.0. The van der Waals surface area contributed by atoms with Crippen LogP contribution in [-0.2, 0) is 10.0 Å². The fourth-order valence-corrected chi connectivity index (χ4v) is 4.54. The number of aliphatic hydroxyl groups is 1. The number of nitrogens with one attached hydrogen (secondary N) is 1. The van der Waals surface area contributed by atoms with E-state index in [2.05, 4.69) is 4.72 Å². The Morgan fingerprint density at radius 2 is 2.12 bits per heavy atom. The third-order valence-corrected chi connectivity index (χ3v) is 5.95. The molecule has 90 valence electrons. The predicted octanol–water partition coefficient (Wildman–Crippen LogP) is 1.33. The standard InChI is InChI=1S/C10H15NO3S2/c12-8-10(5-1-2-6-10)11-16(13,14)9-4-3-7-15-9/h3-4,7,11-12H,1-2,5-6,8H2. The van der Waals surface area contributed by atoms with Crippen molar-refractivity contribution < 1.29 is 13.5 Å². The number of rotatable bonds is 4. The second kappa shape index (κ2) is 4.44. The molecule has 0 aromatic carbocycles. The Hall–Kier alpha value is -0.430. The summed E-state index contributed by atoms with van der Waals surface area (Å²) in [5.41, 5.74) is -0.636. The molecule has 1 aromatic heterocycles. The average Bonchev–Trinajstić information content (AvgIpc) is 2.87. The summed E-state index contributed by atoms with van der Waals surface area (Å²) in [5.74, 6) is 0. The SMILES string of the molecule is O=S(=O)(NC1(CO)CCCC1)c1cccs1. The van der Waals surface area contributed by atoms with Crippen molar-refractivity contribution in [2.45, 2.75) is 35.4 Å². The van der Waals surface area contributed by atoms with Crippen molar-refractivity contribution in [2.24, 2.45) is 0 Å². The minimum Gasteiger partial charge on any atom is -0.394 e. The number of sulfonamides is 1. The van der Waals surface area contributed by atoms with E-state index in [0.29, 0.717) is 17.1 Å². The van der Waals surface area contributed by atoms with Gasteiger partial charge in [0.1, 0.15) is 4.21 Å². The normalized spacial score (nSPS) is 20.1. The molecule has 0 spiro atoms. The van der Waals surface area contributed by atoms with Gasteiger partial charge in [-0.1, -0.05) is 18.9 Å². The van der Waals surface area contributed by atoms with E-state index in [0.717, 1.165) is 12.8 Å². The summed E-state index contributed by atoms with van der Waals surface area (Å²) in [4.78, 5) is 0. The van der Waals surface area contributed by atoms with Crippen molar-refractivity contribution in [3.63, 3.8) is 0 Å². The summed E-state index contributed by atoms with van der Waals surface area (Å²) in [6.07, 6.45) is 3.36. The molecule has 0 bridgehead atoms. The maximum Gasteiger partial charge on any atom is 0.250 e. The van der Waals surface area contributed by atoms with E-state index >= 15 is 0 Å². The number of hydrogen-bond donors (Lipinski definition) is 2. The molecule has 1 heterocycles. The topological polar surface area (TPSA) is 66.4 Å². The van der Waals surface area contributed by atoms with Crippen LogP contribution in [0.2, 0.25) is 0 Å². The van der Waals surface area contributed by atoms with Gasteiger partial charge in [-0.25, -0.2) is 13.1 Å². The molecule has 0 unspecified atom stereocenters. The fraction of sp³-hybridized carbons (Fsp3) is 0.600. The third kappa shape index (κ3) is 2.29. The van der Waals surface area contributed by atoms with Gasteiger partial charge >= 0.3 is 0 Å². The van der Waals surface area contributed by atoms with E-state index in [1.54, 1.807) is 17.5 Å². The molecular formula is C10H15NO3S2. The Bertz CT molecular complexity index is 433. The average molecular weight is 261 g/mol. The second-order valence-electron chi connectivity index (χ2n) is 4.18. The lowest BCUT2D eigenvalue weighted by Gasteiger charge is -2.27. The van der Waals surface area contributed by atoms with E-state index in [1.807, 2.05) is 0 Å². The van der Waals surface area contributed by atoms with Crippen LogP contribution in [0, 0.1) is 0 Å². The summed E-state index contributed by atoms with van der Waals surface area (Å²) in [6.45, 7) is -0.127. The van der Waals surface area contributed by atoms with Gasteiger partial charge in [0.15, 0.2) is 0 Å². The van der Waals surface area contributed by atoms with Crippen LogP contribution >= 0.6 is 11.3 Å². The molecule has 0 aliphatic heterocycles. The summed E-state index contributed by atoms with van der Waals surface area (Å²) < 4.78 is 27.0.